The third-order valence-corrected chi connectivity index (χ3v) is 4.47. The van der Waals surface area contributed by atoms with Gasteiger partial charge in [0, 0.05) is 6.04 Å². The van der Waals surface area contributed by atoms with Crippen LogP contribution < -0.4 is 0 Å². The van der Waals surface area contributed by atoms with Gasteiger partial charge in [-0.2, -0.15) is 0 Å². The molecule has 0 amide bonds. The van der Waals surface area contributed by atoms with Crippen LogP contribution in [-0.2, 0) is 0 Å². The fourth-order valence-corrected chi connectivity index (χ4v) is 3.48. The van der Waals surface area contributed by atoms with E-state index in [0.717, 1.165) is 12.8 Å². The average Bonchev–Trinajstić information content (AvgIpc) is 2.27. The summed E-state index contributed by atoms with van der Waals surface area (Å²) in [6.07, 6.45) is 8.45. The highest BCUT2D eigenvalue weighted by Crippen LogP contribution is 2.31. The molecule has 0 aromatic heterocycles. The van der Waals surface area contributed by atoms with Crippen molar-refractivity contribution in [1.82, 2.24) is 4.90 Å². The molecular weight excluding hydrogens is 210 g/mol. The molecule has 1 rings (SSSR count). The van der Waals surface area contributed by atoms with Gasteiger partial charge in [-0.05, 0) is 38.1 Å². The van der Waals surface area contributed by atoms with Crippen molar-refractivity contribution in [2.45, 2.75) is 78.0 Å². The largest absolute Gasteiger partial charge is 0.378 e. The number of hydrogen-bond acceptors (Lipinski definition) is 2. The van der Waals surface area contributed by atoms with Crippen LogP contribution in [0.3, 0.4) is 0 Å². The summed E-state index contributed by atoms with van der Waals surface area (Å²) in [5.74, 6) is 1.42. The van der Waals surface area contributed by atoms with E-state index >= 15 is 0 Å². The van der Waals surface area contributed by atoms with Crippen LogP contribution in [0.1, 0.15) is 65.7 Å². The molecule has 0 aromatic carbocycles. The lowest BCUT2D eigenvalue weighted by Gasteiger charge is -2.41. The molecule has 0 radical (unpaired) electrons. The second-order valence-electron chi connectivity index (χ2n) is 6.02. The Morgan fingerprint density at radius 1 is 1.12 bits per heavy atom. The van der Waals surface area contributed by atoms with Crippen LogP contribution in [0.15, 0.2) is 0 Å². The Balaban J connectivity index is 2.66. The Morgan fingerprint density at radius 3 is 2.12 bits per heavy atom. The summed E-state index contributed by atoms with van der Waals surface area (Å²) >= 11 is 0. The van der Waals surface area contributed by atoms with Crippen LogP contribution in [0.4, 0.5) is 0 Å². The maximum absolute atomic E-state index is 10.2. The maximum Gasteiger partial charge on any atom is 0.107 e. The third kappa shape index (κ3) is 4.26. The van der Waals surface area contributed by atoms with Crippen LogP contribution in [0.2, 0.25) is 0 Å². The Bertz CT molecular complexity index is 195. The lowest BCUT2D eigenvalue weighted by molar-refractivity contribution is -0.0460. The molecule has 0 heterocycles. The summed E-state index contributed by atoms with van der Waals surface area (Å²) in [6, 6.07) is 0.553. The van der Waals surface area contributed by atoms with Crippen LogP contribution in [0.5, 0.6) is 0 Å². The van der Waals surface area contributed by atoms with Gasteiger partial charge in [0.2, 0.25) is 0 Å². The molecule has 0 saturated heterocycles. The number of hydrogen-bond donors (Lipinski definition) is 1. The van der Waals surface area contributed by atoms with Crippen molar-refractivity contribution in [2.24, 2.45) is 11.8 Å². The summed E-state index contributed by atoms with van der Waals surface area (Å²) in [5.41, 5.74) is 0. The second kappa shape index (κ2) is 7.38. The molecule has 1 N–H and O–H groups in total. The number of aliphatic hydroxyl groups is 1. The van der Waals surface area contributed by atoms with Crippen LogP contribution in [0, 0.1) is 11.8 Å². The van der Waals surface area contributed by atoms with Gasteiger partial charge in [-0.15, -0.1) is 0 Å². The van der Waals surface area contributed by atoms with Crippen LogP contribution in [0.25, 0.3) is 0 Å². The van der Waals surface area contributed by atoms with Crippen LogP contribution in [-0.4, -0.2) is 29.3 Å². The smallest absolute Gasteiger partial charge is 0.107 e. The zero-order valence-electron chi connectivity index (χ0n) is 12.2. The van der Waals surface area contributed by atoms with E-state index in [0.29, 0.717) is 17.9 Å². The van der Waals surface area contributed by atoms with Crippen molar-refractivity contribution in [1.29, 1.82) is 0 Å². The molecule has 3 unspecified atom stereocenters. The van der Waals surface area contributed by atoms with Gasteiger partial charge in [-0.25, -0.2) is 0 Å². The zero-order valence-corrected chi connectivity index (χ0v) is 12.2. The average molecular weight is 241 g/mol. The molecule has 17 heavy (non-hydrogen) atoms. The minimum absolute atomic E-state index is 0.255. The third-order valence-electron chi connectivity index (χ3n) is 4.47. The lowest BCUT2D eigenvalue weighted by Crippen LogP contribution is -2.47. The van der Waals surface area contributed by atoms with E-state index < -0.39 is 0 Å². The highest BCUT2D eigenvalue weighted by Gasteiger charge is 2.31. The Hall–Kier alpha value is -0.0800. The van der Waals surface area contributed by atoms with E-state index in [9.17, 15) is 5.11 Å². The van der Waals surface area contributed by atoms with E-state index in [1.807, 2.05) is 0 Å². The minimum atomic E-state index is -0.255. The molecule has 1 aliphatic rings. The van der Waals surface area contributed by atoms with E-state index in [4.69, 9.17) is 0 Å². The van der Waals surface area contributed by atoms with Gasteiger partial charge < -0.3 is 5.11 Å². The van der Waals surface area contributed by atoms with Gasteiger partial charge in [-0.3, -0.25) is 4.90 Å². The fraction of sp³-hybridized carbons (Fsp3) is 1.00. The van der Waals surface area contributed by atoms with Gasteiger partial charge in [0.25, 0.3) is 0 Å². The molecule has 0 spiro atoms. The molecule has 0 aliphatic heterocycles. The first-order valence-corrected chi connectivity index (χ1v) is 7.48. The lowest BCUT2D eigenvalue weighted by atomic mass is 9.80. The van der Waals surface area contributed by atoms with Crippen molar-refractivity contribution in [2.75, 3.05) is 7.05 Å². The SMILES string of the molecule is CCCC(O)N(C)C1C(C)CCCCCC1C. The Labute approximate surface area is 107 Å². The number of rotatable bonds is 4. The minimum Gasteiger partial charge on any atom is -0.378 e. The first kappa shape index (κ1) is 15.0. The monoisotopic (exact) mass is 241 g/mol. The highest BCUT2D eigenvalue weighted by atomic mass is 16.3. The topological polar surface area (TPSA) is 23.5 Å². The first-order chi connectivity index (χ1) is 8.07. The molecule has 1 saturated carbocycles. The summed E-state index contributed by atoms with van der Waals surface area (Å²) in [7, 11) is 2.11. The predicted molar refractivity (Wildman–Crippen MR) is 73.9 cm³/mol. The quantitative estimate of drug-likeness (QED) is 0.760. The maximum atomic E-state index is 10.2. The Kier molecular flexibility index (Phi) is 6.50. The zero-order chi connectivity index (χ0) is 12.8. The summed E-state index contributed by atoms with van der Waals surface area (Å²) < 4.78 is 0. The molecule has 102 valence electrons. The molecule has 1 aliphatic carbocycles. The van der Waals surface area contributed by atoms with Gasteiger partial charge in [-0.1, -0.05) is 46.5 Å². The molecule has 0 aromatic rings. The molecular formula is C15H31NO. The van der Waals surface area contributed by atoms with E-state index in [1.165, 1.54) is 32.1 Å². The molecule has 2 nitrogen and oxygen atoms in total. The fourth-order valence-electron chi connectivity index (χ4n) is 3.48. The van der Waals surface area contributed by atoms with Gasteiger partial charge in [0.15, 0.2) is 0 Å². The van der Waals surface area contributed by atoms with Crippen molar-refractivity contribution >= 4 is 0 Å². The standard InChI is InChI=1S/C15H31NO/c1-5-9-14(17)16(4)15-12(2)10-7-6-8-11-13(15)3/h12-15,17H,5-11H2,1-4H3. The van der Waals surface area contributed by atoms with E-state index in [-0.39, 0.29) is 6.23 Å². The molecule has 0 bridgehead atoms. The summed E-state index contributed by atoms with van der Waals surface area (Å²) in [5, 5.41) is 10.2. The van der Waals surface area contributed by atoms with Gasteiger partial charge >= 0.3 is 0 Å². The van der Waals surface area contributed by atoms with Crippen molar-refractivity contribution in [3.63, 3.8) is 0 Å². The summed E-state index contributed by atoms with van der Waals surface area (Å²) in [4.78, 5) is 2.24. The normalized spacial score (nSPS) is 33.2. The van der Waals surface area contributed by atoms with E-state index in [2.05, 4.69) is 32.7 Å². The van der Waals surface area contributed by atoms with Crippen molar-refractivity contribution in [3.8, 4) is 0 Å². The van der Waals surface area contributed by atoms with E-state index in [1.54, 1.807) is 0 Å². The predicted octanol–water partition coefficient (Wildman–Crippen LogP) is 3.64. The van der Waals surface area contributed by atoms with Gasteiger partial charge in [0.05, 0.1) is 0 Å². The number of aliphatic hydroxyl groups excluding tert-OH is 1. The van der Waals surface area contributed by atoms with Crippen molar-refractivity contribution < 1.29 is 5.11 Å². The molecule has 1 fully saturated rings. The summed E-state index contributed by atoms with van der Waals surface area (Å²) in [6.45, 7) is 6.87. The van der Waals surface area contributed by atoms with Gasteiger partial charge in [0.1, 0.15) is 6.23 Å². The molecule has 3 atom stereocenters. The van der Waals surface area contributed by atoms with Crippen molar-refractivity contribution in [3.05, 3.63) is 0 Å². The number of nitrogens with zero attached hydrogens (tertiary/aromatic N) is 1. The Morgan fingerprint density at radius 2 is 1.65 bits per heavy atom. The molecule has 2 heteroatoms. The first-order valence-electron chi connectivity index (χ1n) is 7.48. The second-order valence-corrected chi connectivity index (χ2v) is 6.02. The highest BCUT2D eigenvalue weighted by molar-refractivity contribution is 4.83. The van der Waals surface area contributed by atoms with Crippen LogP contribution >= 0.6 is 0 Å².